The molecule has 3 aromatic rings. The lowest BCUT2D eigenvalue weighted by Gasteiger charge is -2.07. The topological polar surface area (TPSA) is 43.4 Å². The van der Waals surface area contributed by atoms with Crippen LogP contribution >= 0.6 is 27.5 Å². The van der Waals surface area contributed by atoms with Crippen molar-refractivity contribution in [3.05, 3.63) is 93.4 Å². The van der Waals surface area contributed by atoms with E-state index in [2.05, 4.69) is 15.9 Å². The Hall–Kier alpha value is -2.43. The molecule has 3 aromatic carbocycles. The van der Waals surface area contributed by atoms with Gasteiger partial charge in [-0.25, -0.2) is 4.79 Å². The molecule has 0 aliphatic rings. The summed E-state index contributed by atoms with van der Waals surface area (Å²) in [4.78, 5) is 24.2. The van der Waals surface area contributed by atoms with Crippen molar-refractivity contribution < 1.29 is 14.3 Å². The predicted octanol–water partition coefficient (Wildman–Crippen LogP) is 5.81. The third-order valence-electron chi connectivity index (χ3n) is 3.81. The zero-order chi connectivity index (χ0) is 18.5. The van der Waals surface area contributed by atoms with Crippen molar-refractivity contribution in [1.29, 1.82) is 0 Å². The zero-order valence-corrected chi connectivity index (χ0v) is 16.0. The lowest BCUT2D eigenvalue weighted by Crippen LogP contribution is -2.14. The molecule has 3 rings (SSSR count). The van der Waals surface area contributed by atoms with E-state index in [1.54, 1.807) is 36.4 Å². The minimum atomic E-state index is -0.615. The molecule has 0 aliphatic heterocycles. The standard InChI is InChI=1S/C21H14BrClO3/c22-17-11-9-15(10-12-17)14-5-7-16(8-6-14)20(24)13-26-21(25)18-3-1-2-4-19(18)23/h1-12H,13H2. The number of ketones is 1. The first-order valence-electron chi connectivity index (χ1n) is 7.85. The van der Waals surface area contributed by atoms with E-state index in [-0.39, 0.29) is 18.0 Å². The van der Waals surface area contributed by atoms with Crippen LogP contribution in [0.3, 0.4) is 0 Å². The minimum Gasteiger partial charge on any atom is -0.454 e. The van der Waals surface area contributed by atoms with Crippen molar-refractivity contribution in [1.82, 2.24) is 0 Å². The molecule has 0 atom stereocenters. The lowest BCUT2D eigenvalue weighted by atomic mass is 10.0. The molecule has 26 heavy (non-hydrogen) atoms. The summed E-state index contributed by atoms with van der Waals surface area (Å²) in [6.07, 6.45) is 0. The highest BCUT2D eigenvalue weighted by molar-refractivity contribution is 9.10. The molecule has 0 saturated heterocycles. The van der Waals surface area contributed by atoms with Gasteiger partial charge in [0, 0.05) is 10.0 Å². The number of rotatable bonds is 5. The van der Waals surface area contributed by atoms with E-state index < -0.39 is 5.97 Å². The maximum atomic E-state index is 12.2. The molecule has 3 nitrogen and oxygen atoms in total. The highest BCUT2D eigenvalue weighted by Gasteiger charge is 2.14. The Balaban J connectivity index is 1.64. The van der Waals surface area contributed by atoms with E-state index in [0.717, 1.165) is 15.6 Å². The van der Waals surface area contributed by atoms with Gasteiger partial charge in [-0.05, 0) is 35.4 Å². The first kappa shape index (κ1) is 18.4. The van der Waals surface area contributed by atoms with Crippen LogP contribution in [-0.2, 0) is 4.74 Å². The van der Waals surface area contributed by atoms with Crippen molar-refractivity contribution in [2.75, 3.05) is 6.61 Å². The number of hydrogen-bond donors (Lipinski definition) is 0. The molecule has 0 heterocycles. The van der Waals surface area contributed by atoms with Crippen LogP contribution in [0.15, 0.2) is 77.3 Å². The largest absolute Gasteiger partial charge is 0.454 e. The number of hydrogen-bond acceptors (Lipinski definition) is 3. The summed E-state index contributed by atoms with van der Waals surface area (Å²) in [6.45, 7) is -0.332. The van der Waals surface area contributed by atoms with Crippen LogP contribution in [0.5, 0.6) is 0 Å². The highest BCUT2D eigenvalue weighted by atomic mass is 79.9. The molecule has 0 saturated carbocycles. The Morgan fingerprint density at radius 2 is 1.42 bits per heavy atom. The zero-order valence-electron chi connectivity index (χ0n) is 13.6. The van der Waals surface area contributed by atoms with E-state index in [9.17, 15) is 9.59 Å². The number of esters is 1. The average Bonchev–Trinajstić information content (AvgIpc) is 2.67. The SMILES string of the molecule is O=C(COC(=O)c1ccccc1Cl)c1ccc(-c2ccc(Br)cc2)cc1. The fourth-order valence-electron chi connectivity index (χ4n) is 2.41. The van der Waals surface area contributed by atoms with Gasteiger partial charge in [-0.3, -0.25) is 4.79 Å². The average molecular weight is 430 g/mol. The normalized spacial score (nSPS) is 10.4. The first-order chi connectivity index (χ1) is 12.5. The molecule has 0 amide bonds. The van der Waals surface area contributed by atoms with E-state index in [1.165, 1.54) is 0 Å². The molecule has 0 unspecified atom stereocenters. The van der Waals surface area contributed by atoms with Crippen LogP contribution in [0.1, 0.15) is 20.7 Å². The van der Waals surface area contributed by atoms with Crippen LogP contribution < -0.4 is 0 Å². The second-order valence-corrected chi connectivity index (χ2v) is 6.89. The summed E-state index contributed by atoms with van der Waals surface area (Å²) in [5.41, 5.74) is 2.78. The molecule has 130 valence electrons. The summed E-state index contributed by atoms with van der Waals surface area (Å²) < 4.78 is 6.08. The van der Waals surface area contributed by atoms with Gasteiger partial charge in [0.25, 0.3) is 0 Å². The molecular formula is C21H14BrClO3. The molecule has 0 fully saturated rings. The van der Waals surface area contributed by atoms with Gasteiger partial charge in [-0.15, -0.1) is 0 Å². The fraction of sp³-hybridized carbons (Fsp3) is 0.0476. The third-order valence-corrected chi connectivity index (χ3v) is 4.67. The second-order valence-electron chi connectivity index (χ2n) is 5.56. The van der Waals surface area contributed by atoms with E-state index in [4.69, 9.17) is 16.3 Å². The molecule has 5 heteroatoms. The Labute approximate surface area is 164 Å². The van der Waals surface area contributed by atoms with Crippen molar-refractivity contribution in [2.45, 2.75) is 0 Å². The van der Waals surface area contributed by atoms with Gasteiger partial charge in [-0.2, -0.15) is 0 Å². The Morgan fingerprint density at radius 3 is 2.04 bits per heavy atom. The lowest BCUT2D eigenvalue weighted by molar-refractivity contribution is 0.0475. The number of benzene rings is 3. The number of ether oxygens (including phenoxy) is 1. The minimum absolute atomic E-state index is 0.243. The Bertz CT molecular complexity index is 934. The molecule has 0 N–H and O–H groups in total. The van der Waals surface area contributed by atoms with Crippen LogP contribution in [0.2, 0.25) is 5.02 Å². The van der Waals surface area contributed by atoms with Gasteiger partial charge in [0.15, 0.2) is 12.4 Å². The van der Waals surface area contributed by atoms with Crippen LogP contribution in [0, 0.1) is 0 Å². The van der Waals surface area contributed by atoms with Crippen LogP contribution in [-0.4, -0.2) is 18.4 Å². The van der Waals surface area contributed by atoms with Crippen molar-refractivity contribution in [3.63, 3.8) is 0 Å². The number of halogens is 2. The fourth-order valence-corrected chi connectivity index (χ4v) is 2.89. The van der Waals surface area contributed by atoms with Crippen molar-refractivity contribution in [2.24, 2.45) is 0 Å². The monoisotopic (exact) mass is 428 g/mol. The Kier molecular flexibility index (Phi) is 5.86. The summed E-state index contributed by atoms with van der Waals surface area (Å²) in [7, 11) is 0. The second kappa shape index (κ2) is 8.30. The highest BCUT2D eigenvalue weighted by Crippen LogP contribution is 2.22. The van der Waals surface area contributed by atoms with E-state index >= 15 is 0 Å². The molecule has 0 radical (unpaired) electrons. The molecule has 0 spiro atoms. The molecule has 0 aromatic heterocycles. The number of carbonyl (C=O) groups excluding carboxylic acids is 2. The van der Waals surface area contributed by atoms with Gasteiger partial charge >= 0.3 is 5.97 Å². The maximum absolute atomic E-state index is 12.2. The maximum Gasteiger partial charge on any atom is 0.340 e. The third kappa shape index (κ3) is 4.40. The molecule has 0 bridgehead atoms. The number of carbonyl (C=O) groups is 2. The van der Waals surface area contributed by atoms with Crippen LogP contribution in [0.25, 0.3) is 11.1 Å². The van der Waals surface area contributed by atoms with Gasteiger partial charge in [0.05, 0.1) is 10.6 Å². The first-order valence-corrected chi connectivity index (χ1v) is 9.02. The summed E-state index contributed by atoms with van der Waals surface area (Å²) >= 11 is 9.35. The Morgan fingerprint density at radius 1 is 0.846 bits per heavy atom. The molecular weight excluding hydrogens is 416 g/mol. The van der Waals surface area contributed by atoms with E-state index in [0.29, 0.717) is 10.6 Å². The van der Waals surface area contributed by atoms with Crippen LogP contribution in [0.4, 0.5) is 0 Å². The quantitative estimate of drug-likeness (QED) is 0.380. The summed E-state index contributed by atoms with van der Waals surface area (Å²) in [6, 6.07) is 21.7. The summed E-state index contributed by atoms with van der Waals surface area (Å²) in [5.74, 6) is -0.886. The van der Waals surface area contributed by atoms with Gasteiger partial charge in [0.2, 0.25) is 0 Å². The summed E-state index contributed by atoms with van der Waals surface area (Å²) in [5, 5.41) is 0.295. The van der Waals surface area contributed by atoms with Gasteiger partial charge in [-0.1, -0.05) is 76.1 Å². The molecule has 0 aliphatic carbocycles. The van der Waals surface area contributed by atoms with Gasteiger partial charge < -0.3 is 4.74 Å². The van der Waals surface area contributed by atoms with Gasteiger partial charge in [0.1, 0.15) is 0 Å². The number of Topliss-reactive ketones (excluding diaryl/α,β-unsaturated/α-hetero) is 1. The smallest absolute Gasteiger partial charge is 0.340 e. The van der Waals surface area contributed by atoms with Crippen molar-refractivity contribution >= 4 is 39.3 Å². The predicted molar refractivity (Wildman–Crippen MR) is 106 cm³/mol. The van der Waals surface area contributed by atoms with Crippen molar-refractivity contribution in [3.8, 4) is 11.1 Å². The van der Waals surface area contributed by atoms with E-state index in [1.807, 2.05) is 36.4 Å².